The number of rotatable bonds is 0. The van der Waals surface area contributed by atoms with Crippen molar-refractivity contribution < 1.29 is 24.1 Å². The van der Waals surface area contributed by atoms with E-state index in [-0.39, 0.29) is 17.6 Å². The zero-order valence-corrected chi connectivity index (χ0v) is 17.7. The van der Waals surface area contributed by atoms with Crippen molar-refractivity contribution in [2.24, 2.45) is 0 Å². The molecule has 4 aliphatic rings. The molecule has 4 heterocycles. The summed E-state index contributed by atoms with van der Waals surface area (Å²) >= 11 is 0. The molecule has 5 heteroatoms. The van der Waals surface area contributed by atoms with Gasteiger partial charge in [-0.2, -0.15) is 0 Å². The predicted octanol–water partition coefficient (Wildman–Crippen LogP) is 4.55. The fourth-order valence-electron chi connectivity index (χ4n) is 4.97. The molecule has 0 saturated heterocycles. The highest BCUT2D eigenvalue weighted by atomic mass is 16.5. The second-order valence-corrected chi connectivity index (χ2v) is 9.78. The van der Waals surface area contributed by atoms with Crippen molar-refractivity contribution in [1.82, 2.24) is 0 Å². The second-order valence-electron chi connectivity index (χ2n) is 9.78. The highest BCUT2D eigenvalue weighted by Gasteiger charge is 2.46. The highest BCUT2D eigenvalue weighted by molar-refractivity contribution is 5.71. The van der Waals surface area contributed by atoms with Crippen molar-refractivity contribution in [2.75, 3.05) is 6.61 Å². The van der Waals surface area contributed by atoms with Gasteiger partial charge in [0.25, 0.3) is 0 Å². The van der Waals surface area contributed by atoms with Gasteiger partial charge in [0.15, 0.2) is 0 Å². The van der Waals surface area contributed by atoms with E-state index < -0.39 is 11.7 Å². The number of aliphatic hydroxyl groups is 1. The summed E-state index contributed by atoms with van der Waals surface area (Å²) in [7, 11) is 0. The van der Waals surface area contributed by atoms with Gasteiger partial charge in [0, 0.05) is 23.1 Å². The van der Waals surface area contributed by atoms with Crippen LogP contribution >= 0.6 is 0 Å². The number of hydrogen-bond donors (Lipinski definition) is 1. The molecule has 0 aromatic heterocycles. The first-order valence-electron chi connectivity index (χ1n) is 10.6. The summed E-state index contributed by atoms with van der Waals surface area (Å²) in [6.07, 6.45) is 3.98. The molecule has 30 heavy (non-hydrogen) atoms. The van der Waals surface area contributed by atoms with Gasteiger partial charge >= 0.3 is 0 Å². The third-order valence-corrected chi connectivity index (χ3v) is 6.76. The topological polar surface area (TPSA) is 57.2 Å². The van der Waals surface area contributed by atoms with Gasteiger partial charge in [0.05, 0.1) is 24.2 Å². The van der Waals surface area contributed by atoms with Gasteiger partial charge in [-0.15, -0.1) is 0 Å². The molecule has 0 amide bonds. The van der Waals surface area contributed by atoms with Crippen molar-refractivity contribution in [3.63, 3.8) is 0 Å². The van der Waals surface area contributed by atoms with Crippen LogP contribution in [0, 0.1) is 0 Å². The summed E-state index contributed by atoms with van der Waals surface area (Å²) < 4.78 is 25.0. The molecule has 0 fully saturated rings. The quantitative estimate of drug-likeness (QED) is 0.695. The molecular weight excluding hydrogens is 380 g/mol. The highest BCUT2D eigenvalue weighted by Crippen LogP contribution is 2.56. The van der Waals surface area contributed by atoms with Crippen molar-refractivity contribution in [2.45, 2.75) is 63.4 Å². The van der Waals surface area contributed by atoms with Crippen LogP contribution in [0.15, 0.2) is 30.3 Å². The lowest BCUT2D eigenvalue weighted by molar-refractivity contribution is -0.0418. The Morgan fingerprint density at radius 3 is 2.53 bits per heavy atom. The maximum atomic E-state index is 10.6. The first-order valence-corrected chi connectivity index (χ1v) is 10.6. The Labute approximate surface area is 176 Å². The van der Waals surface area contributed by atoms with E-state index in [1.807, 2.05) is 39.8 Å². The molecule has 3 atom stereocenters. The molecule has 2 aromatic rings. The van der Waals surface area contributed by atoms with Crippen LogP contribution in [0.4, 0.5) is 0 Å². The van der Waals surface area contributed by atoms with Crippen LogP contribution in [0.25, 0.3) is 6.08 Å². The molecule has 1 N–H and O–H groups in total. The van der Waals surface area contributed by atoms with Crippen molar-refractivity contribution in [1.29, 1.82) is 0 Å². The summed E-state index contributed by atoms with van der Waals surface area (Å²) in [5, 5.41) is 10.6. The van der Waals surface area contributed by atoms with Gasteiger partial charge in [0.1, 0.15) is 40.3 Å². The van der Waals surface area contributed by atoms with Crippen molar-refractivity contribution in [3.05, 3.63) is 52.6 Å². The molecule has 5 nitrogen and oxygen atoms in total. The number of fused-ring (bicyclic) bond motifs is 9. The van der Waals surface area contributed by atoms with Crippen LogP contribution < -0.4 is 18.9 Å². The van der Waals surface area contributed by atoms with Gasteiger partial charge in [-0.05, 0) is 58.0 Å². The zero-order chi connectivity index (χ0) is 20.8. The second kappa shape index (κ2) is 5.73. The van der Waals surface area contributed by atoms with Gasteiger partial charge in [-0.25, -0.2) is 0 Å². The van der Waals surface area contributed by atoms with E-state index >= 15 is 0 Å². The molecule has 0 saturated carbocycles. The summed E-state index contributed by atoms with van der Waals surface area (Å²) in [5.41, 5.74) is 3.17. The first kappa shape index (κ1) is 18.1. The lowest BCUT2D eigenvalue weighted by atomic mass is 9.85. The SMILES string of the molecule is CC1(C)C=Cc2c(ccc3c2OC[C@H]2c4ccc5c(c4O[C@@H]32)C[C@@H](O)C(C)(C)O5)O1. The largest absolute Gasteiger partial charge is 0.492 e. The number of aliphatic hydroxyl groups excluding tert-OH is 1. The lowest BCUT2D eigenvalue weighted by Crippen LogP contribution is -2.46. The van der Waals surface area contributed by atoms with Gasteiger partial charge in [-0.3, -0.25) is 0 Å². The van der Waals surface area contributed by atoms with Crippen LogP contribution in [-0.2, 0) is 6.42 Å². The van der Waals surface area contributed by atoms with E-state index in [1.54, 1.807) is 0 Å². The number of ether oxygens (including phenoxy) is 4. The van der Waals surface area contributed by atoms with Gasteiger partial charge < -0.3 is 24.1 Å². The smallest absolute Gasteiger partial charge is 0.138 e. The average Bonchev–Trinajstić information content (AvgIpc) is 3.07. The summed E-state index contributed by atoms with van der Waals surface area (Å²) in [6, 6.07) is 8.18. The number of benzene rings is 2. The Morgan fingerprint density at radius 1 is 0.933 bits per heavy atom. The van der Waals surface area contributed by atoms with E-state index in [2.05, 4.69) is 24.3 Å². The molecule has 4 aliphatic heterocycles. The monoisotopic (exact) mass is 406 g/mol. The lowest BCUT2D eigenvalue weighted by Gasteiger charge is -2.37. The Hall–Kier alpha value is -2.66. The third kappa shape index (κ3) is 2.45. The van der Waals surface area contributed by atoms with Crippen LogP contribution in [0.5, 0.6) is 23.0 Å². The molecule has 2 aromatic carbocycles. The van der Waals surface area contributed by atoms with Crippen LogP contribution in [-0.4, -0.2) is 29.0 Å². The van der Waals surface area contributed by atoms with Gasteiger partial charge in [-0.1, -0.05) is 6.07 Å². The standard InChI is InChI=1S/C25H26O5/c1-24(2)10-9-14-18(29-24)8-6-15-21(14)27-12-17-13-5-7-19-16(22(13)28-23(15)17)11-20(26)25(3,4)30-19/h5-10,17,20,23,26H,11-12H2,1-4H3/t17-,20+,23-/m0/s1. The van der Waals surface area contributed by atoms with Crippen molar-refractivity contribution in [3.8, 4) is 23.0 Å². The van der Waals surface area contributed by atoms with Crippen LogP contribution in [0.1, 0.15) is 62.0 Å². The molecule has 0 radical (unpaired) electrons. The normalized spacial score (nSPS) is 28.4. The third-order valence-electron chi connectivity index (χ3n) is 6.76. The summed E-state index contributed by atoms with van der Waals surface area (Å²) in [5.74, 6) is 3.45. The van der Waals surface area contributed by atoms with E-state index in [9.17, 15) is 5.11 Å². The Bertz CT molecular complexity index is 1100. The molecule has 0 aliphatic carbocycles. The minimum absolute atomic E-state index is 0.115. The van der Waals surface area contributed by atoms with Crippen molar-refractivity contribution >= 4 is 6.08 Å². The average molecular weight is 406 g/mol. The fourth-order valence-corrected chi connectivity index (χ4v) is 4.97. The Kier molecular flexibility index (Phi) is 3.46. The minimum Gasteiger partial charge on any atom is -0.492 e. The van der Waals surface area contributed by atoms with Crippen LogP contribution in [0.2, 0.25) is 0 Å². The Morgan fingerprint density at radius 2 is 1.70 bits per heavy atom. The predicted molar refractivity (Wildman–Crippen MR) is 113 cm³/mol. The molecule has 0 unspecified atom stereocenters. The summed E-state index contributed by atoms with van der Waals surface area (Å²) in [4.78, 5) is 0. The minimum atomic E-state index is -0.610. The summed E-state index contributed by atoms with van der Waals surface area (Å²) in [6.45, 7) is 8.46. The van der Waals surface area contributed by atoms with Gasteiger partial charge in [0.2, 0.25) is 0 Å². The molecule has 6 rings (SSSR count). The fraction of sp³-hybridized carbons (Fsp3) is 0.440. The Balaban J connectivity index is 1.41. The number of hydrogen-bond acceptors (Lipinski definition) is 5. The molecule has 0 spiro atoms. The van der Waals surface area contributed by atoms with E-state index in [0.29, 0.717) is 13.0 Å². The molecular formula is C25H26O5. The maximum Gasteiger partial charge on any atom is 0.138 e. The van der Waals surface area contributed by atoms with E-state index in [0.717, 1.165) is 45.3 Å². The molecule has 156 valence electrons. The van der Waals surface area contributed by atoms with E-state index in [4.69, 9.17) is 18.9 Å². The zero-order valence-electron chi connectivity index (χ0n) is 17.7. The maximum absolute atomic E-state index is 10.6. The molecule has 0 bridgehead atoms. The van der Waals surface area contributed by atoms with Crippen LogP contribution in [0.3, 0.4) is 0 Å². The first-order chi connectivity index (χ1) is 14.2. The van der Waals surface area contributed by atoms with E-state index in [1.165, 1.54) is 0 Å².